The number of hydrogen-bond donors (Lipinski definition) is 0. The second-order valence-corrected chi connectivity index (χ2v) is 6.10. The number of ketones is 1. The average molecular weight is 271 g/mol. The zero-order valence-corrected chi connectivity index (χ0v) is 10.3. The minimum absolute atomic E-state index is 0.0916. The number of amides is 1. The molecule has 0 aromatic heterocycles. The van der Waals surface area contributed by atoms with Crippen molar-refractivity contribution in [2.45, 2.75) is 11.3 Å². The summed E-state index contributed by atoms with van der Waals surface area (Å²) in [5.74, 6) is -1.57. The zero-order chi connectivity index (χ0) is 13.5. The largest absolute Gasteiger partial charge is 0.302 e. The summed E-state index contributed by atoms with van der Waals surface area (Å²) in [5, 5.41) is 0. The van der Waals surface area contributed by atoms with E-state index in [4.69, 9.17) is 0 Å². The highest BCUT2D eigenvalue weighted by Gasteiger charge is 2.30. The fraction of sp³-hybridized carbons (Fsp3) is 0.273. The first kappa shape index (κ1) is 12.7. The maximum atomic E-state index is 13.6. The first-order chi connectivity index (χ1) is 8.29. The van der Waals surface area contributed by atoms with Crippen molar-refractivity contribution in [1.29, 1.82) is 0 Å². The van der Waals surface area contributed by atoms with Crippen LogP contribution in [-0.4, -0.2) is 32.9 Å². The number of nitrogens with zero attached hydrogens (tertiary/aromatic N) is 1. The summed E-state index contributed by atoms with van der Waals surface area (Å²) < 4.78 is 36.3. The first-order valence-electron chi connectivity index (χ1n) is 5.11. The van der Waals surface area contributed by atoms with E-state index in [-0.39, 0.29) is 29.3 Å². The number of sulfone groups is 1. The molecule has 1 aromatic carbocycles. The Hall–Kier alpha value is -1.76. The van der Waals surface area contributed by atoms with Gasteiger partial charge in [-0.25, -0.2) is 12.8 Å². The Bertz CT molecular complexity index is 638. The Morgan fingerprint density at radius 2 is 1.94 bits per heavy atom. The molecule has 96 valence electrons. The smallest absolute Gasteiger partial charge is 0.235 e. The van der Waals surface area contributed by atoms with E-state index in [1.165, 1.54) is 0 Å². The number of carbonyl (C=O) groups is 2. The number of hydrogen-bond acceptors (Lipinski definition) is 4. The summed E-state index contributed by atoms with van der Waals surface area (Å²) >= 11 is 0. The SMILES string of the molecule is CS(=O)(=O)c1ccc(F)c(N2CC(=O)CC2=O)c1. The highest BCUT2D eigenvalue weighted by atomic mass is 32.2. The molecular weight excluding hydrogens is 261 g/mol. The molecule has 5 nitrogen and oxygen atoms in total. The van der Waals surface area contributed by atoms with Crippen LogP contribution in [0.15, 0.2) is 23.1 Å². The molecule has 0 radical (unpaired) electrons. The van der Waals surface area contributed by atoms with E-state index in [0.29, 0.717) is 0 Å². The Labute approximate surface area is 103 Å². The molecule has 1 fully saturated rings. The van der Waals surface area contributed by atoms with E-state index in [1.54, 1.807) is 0 Å². The van der Waals surface area contributed by atoms with E-state index in [9.17, 15) is 22.4 Å². The maximum absolute atomic E-state index is 13.6. The standard InChI is InChI=1S/C11H10FNO4S/c1-18(16,17)8-2-3-9(12)10(5-8)13-6-7(14)4-11(13)15/h2-3,5H,4,6H2,1H3. The normalized spacial score (nSPS) is 16.4. The average Bonchev–Trinajstić information content (AvgIpc) is 2.56. The van der Waals surface area contributed by atoms with Crippen LogP contribution >= 0.6 is 0 Å². The maximum Gasteiger partial charge on any atom is 0.235 e. The molecule has 1 amide bonds. The van der Waals surface area contributed by atoms with Crippen LogP contribution in [0.5, 0.6) is 0 Å². The lowest BCUT2D eigenvalue weighted by Crippen LogP contribution is -2.25. The molecule has 0 unspecified atom stereocenters. The molecule has 0 aliphatic carbocycles. The number of Topliss-reactive ketones (excluding diaryl/α,β-unsaturated/α-hetero) is 1. The van der Waals surface area contributed by atoms with Gasteiger partial charge in [-0.1, -0.05) is 0 Å². The molecule has 18 heavy (non-hydrogen) atoms. The van der Waals surface area contributed by atoms with E-state index in [1.807, 2.05) is 0 Å². The second kappa shape index (κ2) is 4.16. The first-order valence-corrected chi connectivity index (χ1v) is 7.00. The van der Waals surface area contributed by atoms with E-state index < -0.39 is 21.6 Å². The third-order valence-corrected chi connectivity index (χ3v) is 3.73. The van der Waals surface area contributed by atoms with Gasteiger partial charge in [0.15, 0.2) is 15.6 Å². The molecule has 1 aliphatic rings. The molecule has 1 aromatic rings. The Kier molecular flexibility index (Phi) is 2.94. The number of anilines is 1. The fourth-order valence-electron chi connectivity index (χ4n) is 1.73. The van der Waals surface area contributed by atoms with Crippen LogP contribution in [0.1, 0.15) is 6.42 Å². The van der Waals surface area contributed by atoms with Crippen molar-refractivity contribution in [2.75, 3.05) is 17.7 Å². The number of rotatable bonds is 2. The van der Waals surface area contributed by atoms with Gasteiger partial charge in [0.1, 0.15) is 5.82 Å². The third-order valence-electron chi connectivity index (χ3n) is 2.62. The lowest BCUT2D eigenvalue weighted by atomic mass is 10.3. The zero-order valence-electron chi connectivity index (χ0n) is 9.51. The van der Waals surface area contributed by atoms with E-state index in [0.717, 1.165) is 29.4 Å². The van der Waals surface area contributed by atoms with Gasteiger partial charge in [0.05, 0.1) is 23.5 Å². The van der Waals surface area contributed by atoms with E-state index >= 15 is 0 Å². The van der Waals surface area contributed by atoms with Crippen molar-refractivity contribution in [3.8, 4) is 0 Å². The summed E-state index contributed by atoms with van der Waals surface area (Å²) in [6, 6.07) is 3.17. The number of carbonyl (C=O) groups excluding carboxylic acids is 2. The number of halogens is 1. The Morgan fingerprint density at radius 1 is 1.28 bits per heavy atom. The van der Waals surface area contributed by atoms with E-state index in [2.05, 4.69) is 0 Å². The molecule has 2 rings (SSSR count). The van der Waals surface area contributed by atoms with Gasteiger partial charge >= 0.3 is 0 Å². The van der Waals surface area contributed by atoms with Gasteiger partial charge in [-0.3, -0.25) is 9.59 Å². The van der Waals surface area contributed by atoms with Gasteiger partial charge in [0, 0.05) is 6.26 Å². The van der Waals surface area contributed by atoms with Crippen molar-refractivity contribution >= 4 is 27.2 Å². The molecule has 1 saturated heterocycles. The van der Waals surface area contributed by atoms with Crippen molar-refractivity contribution in [3.63, 3.8) is 0 Å². The molecule has 0 atom stereocenters. The second-order valence-electron chi connectivity index (χ2n) is 4.08. The lowest BCUT2D eigenvalue weighted by molar-refractivity contribution is -0.121. The number of benzene rings is 1. The quantitative estimate of drug-likeness (QED) is 0.581. The van der Waals surface area contributed by atoms with Gasteiger partial charge in [-0.15, -0.1) is 0 Å². The molecule has 0 bridgehead atoms. The van der Waals surface area contributed by atoms with Crippen LogP contribution in [0.25, 0.3) is 0 Å². The van der Waals surface area contributed by atoms with Crippen molar-refractivity contribution < 1.29 is 22.4 Å². The van der Waals surface area contributed by atoms with Crippen LogP contribution in [0, 0.1) is 5.82 Å². The van der Waals surface area contributed by atoms with Crippen molar-refractivity contribution in [2.24, 2.45) is 0 Å². The fourth-order valence-corrected chi connectivity index (χ4v) is 2.37. The molecule has 7 heteroatoms. The highest BCUT2D eigenvalue weighted by Crippen LogP contribution is 2.26. The topological polar surface area (TPSA) is 71.5 Å². The van der Waals surface area contributed by atoms with Crippen molar-refractivity contribution in [3.05, 3.63) is 24.0 Å². The molecule has 1 aliphatic heterocycles. The summed E-state index contributed by atoms with van der Waals surface area (Å²) in [6.45, 7) is -0.219. The Balaban J connectivity index is 2.51. The summed E-state index contributed by atoms with van der Waals surface area (Å²) in [7, 11) is -3.49. The summed E-state index contributed by atoms with van der Waals surface area (Å²) in [4.78, 5) is 23.5. The van der Waals surface area contributed by atoms with Crippen LogP contribution in [0.2, 0.25) is 0 Å². The van der Waals surface area contributed by atoms with Crippen LogP contribution in [0.3, 0.4) is 0 Å². The molecule has 0 saturated carbocycles. The minimum atomic E-state index is -3.49. The van der Waals surface area contributed by atoms with Gasteiger partial charge < -0.3 is 4.90 Å². The molecule has 1 heterocycles. The summed E-state index contributed by atoms with van der Waals surface area (Å²) in [5.41, 5.74) is -0.172. The lowest BCUT2D eigenvalue weighted by Gasteiger charge is -2.16. The van der Waals surface area contributed by atoms with Crippen LogP contribution < -0.4 is 4.90 Å². The van der Waals surface area contributed by atoms with Gasteiger partial charge in [0.2, 0.25) is 5.91 Å². The van der Waals surface area contributed by atoms with Crippen molar-refractivity contribution in [1.82, 2.24) is 0 Å². The monoisotopic (exact) mass is 271 g/mol. The highest BCUT2D eigenvalue weighted by molar-refractivity contribution is 7.90. The predicted octanol–water partition coefficient (Wildman–Crippen LogP) is 0.535. The summed E-state index contributed by atoms with van der Waals surface area (Å²) in [6.07, 6.45) is 0.712. The van der Waals surface area contributed by atoms with Crippen LogP contribution in [0.4, 0.5) is 10.1 Å². The predicted molar refractivity (Wildman–Crippen MR) is 61.5 cm³/mol. The molecule has 0 N–H and O–H groups in total. The minimum Gasteiger partial charge on any atom is -0.302 e. The van der Waals surface area contributed by atoms with Gasteiger partial charge in [-0.2, -0.15) is 0 Å². The third kappa shape index (κ3) is 2.26. The van der Waals surface area contributed by atoms with Gasteiger partial charge in [-0.05, 0) is 18.2 Å². The van der Waals surface area contributed by atoms with Crippen LogP contribution in [-0.2, 0) is 19.4 Å². The Morgan fingerprint density at radius 3 is 2.44 bits per heavy atom. The van der Waals surface area contributed by atoms with Gasteiger partial charge in [0.25, 0.3) is 0 Å². The molecule has 0 spiro atoms. The molecular formula is C11H10FNO4S.